The molecule has 0 aromatic heterocycles. The largest absolute Gasteiger partial charge is 0.490 e. The lowest BCUT2D eigenvalue weighted by Gasteiger charge is -2.29. The summed E-state index contributed by atoms with van der Waals surface area (Å²) in [7, 11) is 0. The number of amides is 1. The molecule has 2 heterocycles. The van der Waals surface area contributed by atoms with E-state index in [2.05, 4.69) is 11.8 Å². The van der Waals surface area contributed by atoms with E-state index in [1.807, 2.05) is 4.90 Å². The zero-order valence-corrected chi connectivity index (χ0v) is 16.6. The van der Waals surface area contributed by atoms with Gasteiger partial charge in [0.1, 0.15) is 0 Å². The summed E-state index contributed by atoms with van der Waals surface area (Å²) in [6, 6.07) is 4.72. The molecule has 0 spiro atoms. The molecule has 2 fully saturated rings. The molecule has 1 aromatic rings. The molecule has 2 unspecified atom stereocenters. The van der Waals surface area contributed by atoms with Crippen molar-refractivity contribution in [2.45, 2.75) is 50.6 Å². The van der Waals surface area contributed by atoms with Crippen LogP contribution in [0.2, 0.25) is 0 Å². The molecule has 2 saturated heterocycles. The van der Waals surface area contributed by atoms with Crippen molar-refractivity contribution in [3.63, 3.8) is 0 Å². The van der Waals surface area contributed by atoms with Gasteiger partial charge in [0, 0.05) is 30.9 Å². The number of halogens is 6. The summed E-state index contributed by atoms with van der Waals surface area (Å²) in [6.07, 6.45) is -6.36. The zero-order valence-electron chi connectivity index (χ0n) is 16.6. The third-order valence-electron chi connectivity index (χ3n) is 5.42. The fraction of sp³-hybridized carbons (Fsp3) is 0.579. The number of alkyl halides is 6. The number of hydrogen-bond donors (Lipinski definition) is 2. The number of primary amides is 1. The number of nitrogens with zero attached hydrogens (tertiary/aromatic N) is 2. The molecule has 1 aromatic carbocycles. The van der Waals surface area contributed by atoms with Crippen LogP contribution in [0.25, 0.3) is 0 Å². The highest BCUT2D eigenvalue weighted by molar-refractivity contribution is 5.95. The van der Waals surface area contributed by atoms with Crippen LogP contribution in [0, 0.1) is 0 Å². The van der Waals surface area contributed by atoms with E-state index in [0.717, 1.165) is 32.1 Å². The van der Waals surface area contributed by atoms with Crippen molar-refractivity contribution < 1.29 is 41.0 Å². The lowest BCUT2D eigenvalue weighted by Crippen LogP contribution is -2.39. The topological polar surface area (TPSA) is 86.9 Å². The molecule has 0 aliphatic carbocycles. The number of aliphatic carboxylic acids is 1. The first-order chi connectivity index (χ1) is 14.2. The van der Waals surface area contributed by atoms with Crippen molar-refractivity contribution >= 4 is 17.6 Å². The van der Waals surface area contributed by atoms with Crippen LogP contribution in [-0.4, -0.2) is 59.8 Å². The fourth-order valence-electron chi connectivity index (χ4n) is 3.92. The molecular weight excluding hydrogens is 432 g/mol. The van der Waals surface area contributed by atoms with Crippen LogP contribution in [0.5, 0.6) is 0 Å². The summed E-state index contributed by atoms with van der Waals surface area (Å²) in [5, 5.41) is 7.12. The van der Waals surface area contributed by atoms with Gasteiger partial charge in [-0.15, -0.1) is 0 Å². The van der Waals surface area contributed by atoms with Gasteiger partial charge in [0.05, 0.1) is 11.1 Å². The Bertz CT molecular complexity index is 812. The number of carboxylic acids is 1. The number of carboxylic acid groups (broad SMARTS) is 1. The first-order valence-electron chi connectivity index (χ1n) is 9.53. The van der Waals surface area contributed by atoms with Crippen LogP contribution >= 0.6 is 0 Å². The van der Waals surface area contributed by atoms with Crippen molar-refractivity contribution in [3.05, 3.63) is 29.3 Å². The summed E-state index contributed by atoms with van der Waals surface area (Å²) < 4.78 is 71.4. The third kappa shape index (κ3) is 6.25. The van der Waals surface area contributed by atoms with Crippen molar-refractivity contribution in [3.8, 4) is 0 Å². The highest BCUT2D eigenvalue weighted by atomic mass is 19.4. The Hall–Kier alpha value is -2.50. The molecule has 3 rings (SSSR count). The minimum absolute atomic E-state index is 0.382. The average molecular weight is 455 g/mol. The van der Waals surface area contributed by atoms with Gasteiger partial charge in [-0.2, -0.15) is 26.3 Å². The molecule has 0 saturated carbocycles. The molecule has 6 nitrogen and oxygen atoms in total. The van der Waals surface area contributed by atoms with Crippen molar-refractivity contribution in [1.82, 2.24) is 4.90 Å². The summed E-state index contributed by atoms with van der Waals surface area (Å²) in [4.78, 5) is 24.6. The molecule has 0 radical (unpaired) electrons. The Morgan fingerprint density at radius 1 is 1.10 bits per heavy atom. The van der Waals surface area contributed by atoms with Gasteiger partial charge < -0.3 is 15.7 Å². The van der Waals surface area contributed by atoms with Crippen LogP contribution in [0.1, 0.15) is 42.1 Å². The summed E-state index contributed by atoms with van der Waals surface area (Å²) in [5.41, 5.74) is 4.15. The zero-order chi connectivity index (χ0) is 23.6. The van der Waals surface area contributed by atoms with Gasteiger partial charge in [-0.05, 0) is 50.9 Å². The number of anilines is 1. The predicted octanol–water partition coefficient (Wildman–Crippen LogP) is 3.50. The first kappa shape index (κ1) is 24.8. The van der Waals surface area contributed by atoms with E-state index in [-0.39, 0.29) is 0 Å². The smallest absolute Gasteiger partial charge is 0.475 e. The lowest BCUT2D eigenvalue weighted by molar-refractivity contribution is -0.192. The third-order valence-corrected chi connectivity index (χ3v) is 5.42. The number of carbonyl (C=O) groups is 2. The van der Waals surface area contributed by atoms with Crippen molar-refractivity contribution in [1.29, 1.82) is 0 Å². The van der Waals surface area contributed by atoms with Gasteiger partial charge >= 0.3 is 18.3 Å². The number of nitrogens with two attached hydrogens (primary N) is 1. The van der Waals surface area contributed by atoms with E-state index in [0.29, 0.717) is 17.8 Å². The van der Waals surface area contributed by atoms with Gasteiger partial charge in [-0.25, -0.2) is 4.79 Å². The fourth-order valence-corrected chi connectivity index (χ4v) is 3.92. The Balaban J connectivity index is 0.000000423. The molecule has 2 aliphatic rings. The Morgan fingerprint density at radius 2 is 1.71 bits per heavy atom. The maximum absolute atomic E-state index is 13.2. The van der Waals surface area contributed by atoms with E-state index in [1.165, 1.54) is 18.9 Å². The highest BCUT2D eigenvalue weighted by Gasteiger charge is 2.38. The van der Waals surface area contributed by atoms with Gasteiger partial charge in [0.15, 0.2) is 0 Å². The minimum Gasteiger partial charge on any atom is -0.475 e. The van der Waals surface area contributed by atoms with Gasteiger partial charge in [-0.3, -0.25) is 9.69 Å². The first-order valence-corrected chi connectivity index (χ1v) is 9.53. The lowest BCUT2D eigenvalue weighted by atomic mass is 10.1. The second kappa shape index (κ2) is 9.33. The Labute approximate surface area is 174 Å². The average Bonchev–Trinajstić information content (AvgIpc) is 3.28. The number of likely N-dealkylation sites (tertiary alicyclic amines) is 1. The molecule has 2 aliphatic heterocycles. The maximum Gasteiger partial charge on any atom is 0.490 e. The number of carbonyl (C=O) groups excluding carboxylic acids is 1. The summed E-state index contributed by atoms with van der Waals surface area (Å²) in [5.74, 6) is -3.81. The van der Waals surface area contributed by atoms with E-state index in [4.69, 9.17) is 15.6 Å². The SMILES string of the molecule is CC1CCCN1C1CCN(c2ccc(C(N)=O)c(C(F)(F)F)c2)C1.O=C(O)C(F)(F)F. The summed E-state index contributed by atoms with van der Waals surface area (Å²) in [6.45, 7) is 4.71. The van der Waals surface area contributed by atoms with E-state index in [1.54, 1.807) is 6.07 Å². The van der Waals surface area contributed by atoms with Crippen molar-refractivity contribution in [2.24, 2.45) is 5.73 Å². The van der Waals surface area contributed by atoms with E-state index >= 15 is 0 Å². The van der Waals surface area contributed by atoms with Crippen LogP contribution < -0.4 is 10.6 Å². The Kier molecular flexibility index (Phi) is 7.45. The quantitative estimate of drug-likeness (QED) is 0.682. The van der Waals surface area contributed by atoms with Gasteiger partial charge in [0.2, 0.25) is 5.91 Å². The van der Waals surface area contributed by atoms with Crippen molar-refractivity contribution in [2.75, 3.05) is 24.5 Å². The van der Waals surface area contributed by atoms with E-state index < -0.39 is 35.4 Å². The highest BCUT2D eigenvalue weighted by Crippen LogP contribution is 2.36. The Morgan fingerprint density at radius 3 is 2.16 bits per heavy atom. The molecule has 1 amide bonds. The molecule has 174 valence electrons. The molecular formula is C19H23F6N3O3. The van der Waals surface area contributed by atoms with Crippen LogP contribution in [0.15, 0.2) is 18.2 Å². The maximum atomic E-state index is 13.2. The predicted molar refractivity (Wildman–Crippen MR) is 99.7 cm³/mol. The van der Waals surface area contributed by atoms with Crippen LogP contribution in [0.3, 0.4) is 0 Å². The second-order valence-electron chi connectivity index (χ2n) is 7.51. The number of hydrogen-bond acceptors (Lipinski definition) is 4. The molecule has 12 heteroatoms. The van der Waals surface area contributed by atoms with Gasteiger partial charge in [0.25, 0.3) is 0 Å². The molecule has 3 N–H and O–H groups in total. The number of rotatable bonds is 3. The monoisotopic (exact) mass is 455 g/mol. The normalized spacial score (nSPS) is 22.2. The van der Waals surface area contributed by atoms with Crippen LogP contribution in [0.4, 0.5) is 32.0 Å². The van der Waals surface area contributed by atoms with E-state index in [9.17, 15) is 31.1 Å². The summed E-state index contributed by atoms with van der Waals surface area (Å²) >= 11 is 0. The molecule has 2 atom stereocenters. The standard InChI is InChI=1S/C17H22F3N3O.C2HF3O2/c1-11-3-2-7-23(11)13-6-8-22(10-13)12-4-5-14(16(21)24)15(9-12)17(18,19)20;3-2(4,5)1(6)7/h4-5,9,11,13H,2-3,6-8,10H2,1H3,(H2,21,24);(H,6,7). The minimum atomic E-state index is -5.08. The van der Waals surface area contributed by atoms with Crippen LogP contribution in [-0.2, 0) is 11.0 Å². The number of benzene rings is 1. The molecule has 0 bridgehead atoms. The second-order valence-corrected chi connectivity index (χ2v) is 7.51. The molecule has 31 heavy (non-hydrogen) atoms. The van der Waals surface area contributed by atoms with Gasteiger partial charge in [-0.1, -0.05) is 0 Å².